The van der Waals surface area contributed by atoms with Crippen molar-refractivity contribution in [2.24, 2.45) is 5.92 Å². The number of carbonyl (C=O) groups is 2. The summed E-state index contributed by atoms with van der Waals surface area (Å²) < 4.78 is 5.44. The Hall–Kier alpha value is -3.55. The van der Waals surface area contributed by atoms with Crippen molar-refractivity contribution in [3.63, 3.8) is 0 Å². The standard InChI is InChI=1S/C23H27N5O3/c1-14(2)21(23-27-22(28-31-23)18-9-11-24-12-10-18)26-20(30)13-19(25-16(4)29)17-7-5-15(3)6-8-17/h5-12,14,19,21H,13H2,1-4H3,(H,25,29)(H,26,30). The Bertz CT molecular complexity index is 1020. The molecule has 0 saturated carbocycles. The van der Waals surface area contributed by atoms with Crippen LogP contribution in [0.4, 0.5) is 0 Å². The topological polar surface area (TPSA) is 110 Å². The van der Waals surface area contributed by atoms with E-state index >= 15 is 0 Å². The summed E-state index contributed by atoms with van der Waals surface area (Å²) in [5, 5.41) is 9.87. The van der Waals surface area contributed by atoms with Gasteiger partial charge in [0, 0.05) is 24.9 Å². The van der Waals surface area contributed by atoms with Crippen molar-refractivity contribution < 1.29 is 14.1 Å². The van der Waals surface area contributed by atoms with E-state index in [1.165, 1.54) is 6.92 Å². The number of rotatable bonds is 8. The molecule has 2 unspecified atom stereocenters. The van der Waals surface area contributed by atoms with E-state index in [2.05, 4.69) is 25.8 Å². The largest absolute Gasteiger partial charge is 0.349 e. The maximum Gasteiger partial charge on any atom is 0.249 e. The number of nitrogens with zero attached hydrogens (tertiary/aromatic N) is 3. The lowest BCUT2D eigenvalue weighted by Gasteiger charge is -2.22. The first-order chi connectivity index (χ1) is 14.8. The molecule has 0 aliphatic heterocycles. The summed E-state index contributed by atoms with van der Waals surface area (Å²) in [6, 6.07) is 10.4. The second-order valence-corrected chi connectivity index (χ2v) is 7.85. The number of hydrogen-bond acceptors (Lipinski definition) is 6. The molecule has 0 saturated heterocycles. The molecular weight excluding hydrogens is 394 g/mol. The molecule has 2 aromatic heterocycles. The van der Waals surface area contributed by atoms with Crippen LogP contribution >= 0.6 is 0 Å². The number of aromatic nitrogens is 3. The van der Waals surface area contributed by atoms with Gasteiger partial charge in [0.15, 0.2) is 0 Å². The molecule has 8 heteroatoms. The van der Waals surface area contributed by atoms with Crippen LogP contribution in [0, 0.1) is 12.8 Å². The predicted molar refractivity (Wildman–Crippen MR) is 116 cm³/mol. The van der Waals surface area contributed by atoms with Gasteiger partial charge < -0.3 is 15.2 Å². The van der Waals surface area contributed by atoms with Gasteiger partial charge in [-0.2, -0.15) is 4.98 Å². The van der Waals surface area contributed by atoms with Gasteiger partial charge in [0.1, 0.15) is 6.04 Å². The predicted octanol–water partition coefficient (Wildman–Crippen LogP) is 3.52. The van der Waals surface area contributed by atoms with Crippen LogP contribution < -0.4 is 10.6 Å². The van der Waals surface area contributed by atoms with Gasteiger partial charge in [-0.05, 0) is 30.5 Å². The molecule has 0 aliphatic carbocycles. The summed E-state index contributed by atoms with van der Waals surface area (Å²) >= 11 is 0. The Kier molecular flexibility index (Phi) is 7.12. The number of pyridine rings is 1. The first-order valence-electron chi connectivity index (χ1n) is 10.2. The zero-order chi connectivity index (χ0) is 22.4. The van der Waals surface area contributed by atoms with Crippen molar-refractivity contribution in [3.05, 3.63) is 65.8 Å². The maximum absolute atomic E-state index is 12.9. The molecule has 1 aromatic carbocycles. The zero-order valence-corrected chi connectivity index (χ0v) is 18.1. The minimum Gasteiger partial charge on any atom is -0.349 e. The number of hydrogen-bond donors (Lipinski definition) is 2. The molecule has 2 heterocycles. The first-order valence-corrected chi connectivity index (χ1v) is 10.2. The van der Waals surface area contributed by atoms with Crippen LogP contribution in [0.5, 0.6) is 0 Å². The van der Waals surface area contributed by atoms with Crippen LogP contribution in [0.2, 0.25) is 0 Å². The molecule has 0 radical (unpaired) electrons. The molecule has 0 bridgehead atoms. The van der Waals surface area contributed by atoms with Crippen LogP contribution in [-0.2, 0) is 9.59 Å². The van der Waals surface area contributed by atoms with Crippen molar-refractivity contribution in [1.82, 2.24) is 25.8 Å². The molecule has 0 spiro atoms. The number of carbonyl (C=O) groups excluding carboxylic acids is 2. The zero-order valence-electron chi connectivity index (χ0n) is 18.1. The van der Waals surface area contributed by atoms with E-state index in [1.807, 2.05) is 45.0 Å². The highest BCUT2D eigenvalue weighted by Crippen LogP contribution is 2.24. The third kappa shape index (κ3) is 5.97. The van der Waals surface area contributed by atoms with Crippen molar-refractivity contribution in [2.75, 3.05) is 0 Å². The van der Waals surface area contributed by atoms with Gasteiger partial charge in [-0.3, -0.25) is 14.6 Å². The van der Waals surface area contributed by atoms with E-state index in [1.54, 1.807) is 24.5 Å². The normalized spacial score (nSPS) is 12.9. The van der Waals surface area contributed by atoms with Gasteiger partial charge in [0.05, 0.1) is 12.5 Å². The van der Waals surface area contributed by atoms with Gasteiger partial charge in [-0.1, -0.05) is 48.8 Å². The van der Waals surface area contributed by atoms with E-state index in [-0.39, 0.29) is 24.2 Å². The Labute approximate surface area is 181 Å². The van der Waals surface area contributed by atoms with Crippen LogP contribution in [-0.4, -0.2) is 26.9 Å². The van der Waals surface area contributed by atoms with E-state index in [0.29, 0.717) is 11.7 Å². The Morgan fingerprint density at radius 3 is 2.32 bits per heavy atom. The summed E-state index contributed by atoms with van der Waals surface area (Å²) in [7, 11) is 0. The molecule has 3 rings (SSSR count). The molecule has 2 N–H and O–H groups in total. The van der Waals surface area contributed by atoms with E-state index < -0.39 is 12.1 Å². The third-order valence-corrected chi connectivity index (χ3v) is 4.88. The van der Waals surface area contributed by atoms with Crippen LogP contribution in [0.3, 0.4) is 0 Å². The molecule has 8 nitrogen and oxygen atoms in total. The summed E-state index contributed by atoms with van der Waals surface area (Å²) in [5.74, 6) is 0.377. The molecule has 0 aliphatic rings. The van der Waals surface area contributed by atoms with E-state index in [9.17, 15) is 9.59 Å². The van der Waals surface area contributed by atoms with Crippen LogP contribution in [0.1, 0.15) is 56.3 Å². The van der Waals surface area contributed by atoms with Gasteiger partial charge in [-0.25, -0.2) is 0 Å². The fourth-order valence-corrected chi connectivity index (χ4v) is 3.21. The van der Waals surface area contributed by atoms with Crippen molar-refractivity contribution in [3.8, 4) is 11.4 Å². The van der Waals surface area contributed by atoms with Crippen molar-refractivity contribution in [1.29, 1.82) is 0 Å². The minimum atomic E-state index is -0.452. The molecule has 31 heavy (non-hydrogen) atoms. The molecule has 2 amide bonds. The molecule has 0 fully saturated rings. The fraction of sp³-hybridized carbons (Fsp3) is 0.348. The van der Waals surface area contributed by atoms with Gasteiger partial charge in [0.2, 0.25) is 23.5 Å². The highest BCUT2D eigenvalue weighted by Gasteiger charge is 2.26. The first kappa shape index (κ1) is 22.1. The molecule has 162 valence electrons. The molecule has 2 atom stereocenters. The van der Waals surface area contributed by atoms with Crippen molar-refractivity contribution in [2.45, 2.75) is 46.2 Å². The quantitative estimate of drug-likeness (QED) is 0.576. The average molecular weight is 422 g/mol. The SMILES string of the molecule is CC(=O)NC(CC(=O)NC(c1nc(-c2ccncc2)no1)C(C)C)c1ccc(C)cc1. The fourth-order valence-electron chi connectivity index (χ4n) is 3.21. The summed E-state index contributed by atoms with van der Waals surface area (Å²) in [4.78, 5) is 33.0. The summed E-state index contributed by atoms with van der Waals surface area (Å²) in [6.45, 7) is 7.36. The summed E-state index contributed by atoms with van der Waals surface area (Å²) in [5.41, 5.74) is 2.76. The lowest BCUT2D eigenvalue weighted by atomic mass is 10.00. The lowest BCUT2D eigenvalue weighted by Crippen LogP contribution is -2.36. The highest BCUT2D eigenvalue weighted by atomic mass is 16.5. The minimum absolute atomic E-state index is 0.0216. The third-order valence-electron chi connectivity index (χ3n) is 4.88. The smallest absolute Gasteiger partial charge is 0.249 e. The maximum atomic E-state index is 12.9. The number of amides is 2. The monoisotopic (exact) mass is 421 g/mol. The van der Waals surface area contributed by atoms with Crippen LogP contribution in [0.15, 0.2) is 53.3 Å². The van der Waals surface area contributed by atoms with Crippen molar-refractivity contribution >= 4 is 11.8 Å². The van der Waals surface area contributed by atoms with Gasteiger partial charge >= 0.3 is 0 Å². The number of nitrogens with one attached hydrogen (secondary N) is 2. The van der Waals surface area contributed by atoms with E-state index in [0.717, 1.165) is 16.7 Å². The van der Waals surface area contributed by atoms with Gasteiger partial charge in [-0.15, -0.1) is 0 Å². The number of benzene rings is 1. The Morgan fingerprint density at radius 2 is 1.71 bits per heavy atom. The Balaban J connectivity index is 1.74. The Morgan fingerprint density at radius 1 is 1.03 bits per heavy atom. The number of aryl methyl sites for hydroxylation is 1. The van der Waals surface area contributed by atoms with E-state index in [4.69, 9.17) is 4.52 Å². The molecular formula is C23H27N5O3. The highest BCUT2D eigenvalue weighted by molar-refractivity contribution is 5.79. The second kappa shape index (κ2) is 9.97. The summed E-state index contributed by atoms with van der Waals surface area (Å²) in [6.07, 6.45) is 3.40. The lowest BCUT2D eigenvalue weighted by molar-refractivity contribution is -0.123. The average Bonchev–Trinajstić information content (AvgIpc) is 3.22. The van der Waals surface area contributed by atoms with Crippen LogP contribution in [0.25, 0.3) is 11.4 Å². The second-order valence-electron chi connectivity index (χ2n) is 7.85. The van der Waals surface area contributed by atoms with Gasteiger partial charge in [0.25, 0.3) is 0 Å². The molecule has 3 aromatic rings.